The lowest BCUT2D eigenvalue weighted by Gasteiger charge is -2.32. The number of hydrogen-bond donors (Lipinski definition) is 1. The minimum atomic E-state index is -0.983. The number of fused-ring (bicyclic) bond motifs is 2. The third-order valence-corrected chi connectivity index (χ3v) is 6.18. The molecule has 2 heterocycles. The zero-order valence-electron chi connectivity index (χ0n) is 16.1. The van der Waals surface area contributed by atoms with Gasteiger partial charge in [-0.25, -0.2) is 0 Å². The Bertz CT molecular complexity index is 1090. The van der Waals surface area contributed by atoms with Crippen molar-refractivity contribution in [2.24, 2.45) is 0 Å². The lowest BCUT2D eigenvalue weighted by Crippen LogP contribution is -2.38. The highest BCUT2D eigenvalue weighted by atomic mass is 16.2. The fraction of sp³-hybridized carbons (Fsp3) is 0.200. The summed E-state index contributed by atoms with van der Waals surface area (Å²) < 4.78 is 0. The van der Waals surface area contributed by atoms with E-state index in [0.717, 1.165) is 48.3 Å². The Labute approximate surface area is 170 Å². The molecule has 0 radical (unpaired) electrons. The van der Waals surface area contributed by atoms with Crippen LogP contribution < -0.4 is 10.2 Å². The molecule has 3 aromatic rings. The number of anilines is 2. The molecular formula is C25H22N2O2. The topological polar surface area (TPSA) is 49.4 Å². The Kier molecular flexibility index (Phi) is 4.20. The van der Waals surface area contributed by atoms with E-state index in [0.29, 0.717) is 0 Å². The van der Waals surface area contributed by atoms with Crippen LogP contribution in [0.15, 0.2) is 72.8 Å². The summed E-state index contributed by atoms with van der Waals surface area (Å²) in [4.78, 5) is 27.4. The molecule has 0 bridgehead atoms. The number of carbonyl (C=O) groups excluding carboxylic acids is 2. The molecule has 29 heavy (non-hydrogen) atoms. The van der Waals surface area contributed by atoms with Gasteiger partial charge in [0.2, 0.25) is 5.91 Å². The van der Waals surface area contributed by atoms with E-state index >= 15 is 0 Å². The van der Waals surface area contributed by atoms with Gasteiger partial charge in [-0.1, -0.05) is 66.7 Å². The van der Waals surface area contributed by atoms with Gasteiger partial charge >= 0.3 is 0 Å². The van der Waals surface area contributed by atoms with Crippen LogP contribution in [0.3, 0.4) is 0 Å². The number of nitrogens with zero attached hydrogens (tertiary/aromatic N) is 1. The van der Waals surface area contributed by atoms with E-state index in [1.54, 1.807) is 0 Å². The van der Waals surface area contributed by atoms with Crippen LogP contribution in [0.1, 0.15) is 28.7 Å². The van der Waals surface area contributed by atoms with Gasteiger partial charge in [0.25, 0.3) is 0 Å². The molecule has 0 fully saturated rings. The maximum Gasteiger partial charge on any atom is 0.240 e. The molecule has 1 atom stereocenters. The zero-order chi connectivity index (χ0) is 19.8. The van der Waals surface area contributed by atoms with Crippen molar-refractivity contribution >= 4 is 23.6 Å². The molecule has 144 valence electrons. The van der Waals surface area contributed by atoms with Crippen molar-refractivity contribution in [3.05, 3.63) is 95.1 Å². The summed E-state index contributed by atoms with van der Waals surface area (Å²) in [5.74, 6) is -0.120. The number of nitrogens with one attached hydrogen (secondary N) is 1. The van der Waals surface area contributed by atoms with Crippen molar-refractivity contribution in [3.63, 3.8) is 0 Å². The van der Waals surface area contributed by atoms with Gasteiger partial charge in [0.15, 0.2) is 0 Å². The quantitative estimate of drug-likeness (QED) is 0.677. The molecule has 0 saturated heterocycles. The second-order valence-electron chi connectivity index (χ2n) is 7.75. The highest BCUT2D eigenvalue weighted by molar-refractivity contribution is 6.10. The van der Waals surface area contributed by atoms with E-state index in [1.165, 1.54) is 11.1 Å². The number of amides is 1. The first-order valence-electron chi connectivity index (χ1n) is 10.00. The Morgan fingerprint density at radius 2 is 1.69 bits per heavy atom. The number of benzene rings is 3. The number of aldehydes is 1. The average Bonchev–Trinajstić information content (AvgIpc) is 3.28. The Balaban J connectivity index is 1.68. The summed E-state index contributed by atoms with van der Waals surface area (Å²) in [6.45, 7) is 1.69. The maximum atomic E-state index is 13.3. The second-order valence-corrected chi connectivity index (χ2v) is 7.75. The standard InChI is InChI=1S/C25H22N2O2/c28-16-14-25(20-10-4-5-12-22(20)26-24(25)29)21-11-6-9-19-13-15-27(23(19)21)17-18-7-2-1-3-8-18/h1-12,16H,13-15,17H2,(H,26,29)/t25-/m1/s1. The molecule has 1 amide bonds. The lowest BCUT2D eigenvalue weighted by atomic mass is 9.72. The Morgan fingerprint density at radius 3 is 2.52 bits per heavy atom. The fourth-order valence-corrected chi connectivity index (χ4v) is 4.86. The minimum absolute atomic E-state index is 0.120. The number of rotatable bonds is 5. The molecule has 4 heteroatoms. The summed E-state index contributed by atoms with van der Waals surface area (Å²) in [6, 6.07) is 24.3. The minimum Gasteiger partial charge on any atom is -0.366 e. The number of carbonyl (C=O) groups is 2. The van der Waals surface area contributed by atoms with Crippen LogP contribution in [-0.2, 0) is 28.0 Å². The Morgan fingerprint density at radius 1 is 0.931 bits per heavy atom. The van der Waals surface area contributed by atoms with Crippen molar-refractivity contribution in [2.75, 3.05) is 16.8 Å². The molecule has 3 aromatic carbocycles. The lowest BCUT2D eigenvalue weighted by molar-refractivity contribution is -0.122. The first-order chi connectivity index (χ1) is 14.2. The second kappa shape index (κ2) is 6.89. The van der Waals surface area contributed by atoms with E-state index < -0.39 is 5.41 Å². The molecule has 1 N–H and O–H groups in total. The number of para-hydroxylation sites is 2. The van der Waals surface area contributed by atoms with Crippen LogP contribution in [0.25, 0.3) is 0 Å². The molecule has 0 aliphatic carbocycles. The fourth-order valence-electron chi connectivity index (χ4n) is 4.86. The number of hydrogen-bond acceptors (Lipinski definition) is 3. The Hall–Kier alpha value is -3.40. The monoisotopic (exact) mass is 382 g/mol. The third kappa shape index (κ3) is 2.67. The molecule has 0 unspecified atom stereocenters. The van der Waals surface area contributed by atoms with Crippen molar-refractivity contribution in [1.82, 2.24) is 0 Å². The van der Waals surface area contributed by atoms with E-state index in [9.17, 15) is 9.59 Å². The van der Waals surface area contributed by atoms with Crippen molar-refractivity contribution in [3.8, 4) is 0 Å². The summed E-state index contributed by atoms with van der Waals surface area (Å²) in [6.07, 6.45) is 1.94. The summed E-state index contributed by atoms with van der Waals surface area (Å²) >= 11 is 0. The molecular weight excluding hydrogens is 360 g/mol. The van der Waals surface area contributed by atoms with E-state index in [4.69, 9.17) is 0 Å². The van der Waals surface area contributed by atoms with Crippen LogP contribution in [0.4, 0.5) is 11.4 Å². The van der Waals surface area contributed by atoms with E-state index in [1.807, 2.05) is 54.6 Å². The summed E-state index contributed by atoms with van der Waals surface area (Å²) in [5.41, 5.74) is 5.20. The molecule has 0 spiro atoms. The summed E-state index contributed by atoms with van der Waals surface area (Å²) in [7, 11) is 0. The van der Waals surface area contributed by atoms with Crippen LogP contribution in [0, 0.1) is 0 Å². The van der Waals surface area contributed by atoms with E-state index in [-0.39, 0.29) is 12.3 Å². The van der Waals surface area contributed by atoms with Gasteiger partial charge in [-0.05, 0) is 34.7 Å². The highest BCUT2D eigenvalue weighted by Crippen LogP contribution is 2.49. The zero-order valence-corrected chi connectivity index (χ0v) is 16.1. The van der Waals surface area contributed by atoms with Gasteiger partial charge in [0.05, 0.1) is 0 Å². The van der Waals surface area contributed by atoms with E-state index in [2.05, 4.69) is 28.4 Å². The van der Waals surface area contributed by atoms with Gasteiger partial charge in [-0.3, -0.25) is 4.79 Å². The maximum absolute atomic E-state index is 13.3. The molecule has 4 nitrogen and oxygen atoms in total. The normalized spacial score (nSPS) is 19.6. The molecule has 0 saturated carbocycles. The van der Waals surface area contributed by atoms with Crippen molar-refractivity contribution in [2.45, 2.75) is 24.8 Å². The predicted molar refractivity (Wildman–Crippen MR) is 114 cm³/mol. The van der Waals surface area contributed by atoms with Crippen molar-refractivity contribution in [1.29, 1.82) is 0 Å². The average molecular weight is 382 g/mol. The van der Waals surface area contributed by atoms with Crippen LogP contribution in [0.2, 0.25) is 0 Å². The van der Waals surface area contributed by atoms with Crippen LogP contribution >= 0.6 is 0 Å². The van der Waals surface area contributed by atoms with Gasteiger partial charge in [0, 0.05) is 30.9 Å². The van der Waals surface area contributed by atoms with Gasteiger partial charge < -0.3 is 15.0 Å². The molecule has 5 rings (SSSR count). The molecule has 0 aromatic heterocycles. The van der Waals surface area contributed by atoms with Gasteiger partial charge in [-0.15, -0.1) is 0 Å². The van der Waals surface area contributed by atoms with Crippen LogP contribution in [-0.4, -0.2) is 18.7 Å². The van der Waals surface area contributed by atoms with Crippen LogP contribution in [0.5, 0.6) is 0 Å². The van der Waals surface area contributed by atoms with Gasteiger partial charge in [0.1, 0.15) is 11.7 Å². The largest absolute Gasteiger partial charge is 0.366 e. The SMILES string of the molecule is O=CC[C@@]1(c2cccc3c2N(Cc2ccccc2)CC3)C(=O)Nc2ccccc21. The molecule has 2 aliphatic rings. The first kappa shape index (κ1) is 17.7. The first-order valence-corrected chi connectivity index (χ1v) is 10.00. The van der Waals surface area contributed by atoms with Crippen molar-refractivity contribution < 1.29 is 9.59 Å². The summed E-state index contributed by atoms with van der Waals surface area (Å²) in [5, 5.41) is 3.01. The molecule has 2 aliphatic heterocycles. The smallest absolute Gasteiger partial charge is 0.240 e. The highest BCUT2D eigenvalue weighted by Gasteiger charge is 2.50. The predicted octanol–water partition coefficient (Wildman–Crippen LogP) is 4.08. The third-order valence-electron chi connectivity index (χ3n) is 6.18. The van der Waals surface area contributed by atoms with Gasteiger partial charge in [-0.2, -0.15) is 0 Å².